The number of hydrogen-bond acceptors (Lipinski definition) is 2. The summed E-state index contributed by atoms with van der Waals surface area (Å²) in [6.07, 6.45) is 0. The lowest BCUT2D eigenvalue weighted by Crippen LogP contribution is -2.54. The summed E-state index contributed by atoms with van der Waals surface area (Å²) in [6.45, 7) is 4.55. The lowest BCUT2D eigenvalue weighted by molar-refractivity contribution is -0.890. The van der Waals surface area contributed by atoms with E-state index in [-0.39, 0.29) is 0 Å². The number of likely N-dealkylation sites (N-methyl/N-ethyl adjacent to an activating group) is 1. The molecule has 0 unspecified atom stereocenters. The van der Waals surface area contributed by atoms with Crippen LogP contribution in [0.25, 0.3) is 0 Å². The molecule has 0 aliphatic carbocycles. The smallest absolute Gasteiger partial charge is 0.115 e. The van der Waals surface area contributed by atoms with Crippen molar-refractivity contribution in [1.82, 2.24) is 0 Å². The average Bonchev–Trinajstić information content (AvgIpc) is 2.20. The van der Waals surface area contributed by atoms with E-state index in [1.807, 2.05) is 12.1 Å². The summed E-state index contributed by atoms with van der Waals surface area (Å²) in [7, 11) is 4.54. The standard InChI is InChI=1S/C12H18N2O/c1-14(2)9-7-13(8-10-14)11-3-5-12(15)6-4-11/h3-6H,7-10H2,1-2H3/p+1. The van der Waals surface area contributed by atoms with E-state index in [4.69, 9.17) is 0 Å². The van der Waals surface area contributed by atoms with Crippen molar-refractivity contribution in [2.24, 2.45) is 0 Å². The van der Waals surface area contributed by atoms with Crippen LogP contribution >= 0.6 is 0 Å². The van der Waals surface area contributed by atoms with Gasteiger partial charge >= 0.3 is 0 Å². The van der Waals surface area contributed by atoms with Gasteiger partial charge in [-0.2, -0.15) is 0 Å². The van der Waals surface area contributed by atoms with Gasteiger partial charge in [-0.1, -0.05) is 0 Å². The van der Waals surface area contributed by atoms with Crippen LogP contribution in [0.15, 0.2) is 24.3 Å². The van der Waals surface area contributed by atoms with Gasteiger partial charge in [-0.25, -0.2) is 0 Å². The third kappa shape index (κ3) is 2.42. The van der Waals surface area contributed by atoms with Gasteiger partial charge in [0, 0.05) is 5.69 Å². The first-order valence-electron chi connectivity index (χ1n) is 5.43. The minimum atomic E-state index is 0.340. The van der Waals surface area contributed by atoms with Crippen LogP contribution in [0.1, 0.15) is 0 Å². The van der Waals surface area contributed by atoms with Crippen LogP contribution in [-0.2, 0) is 0 Å². The summed E-state index contributed by atoms with van der Waals surface area (Å²) < 4.78 is 1.11. The molecule has 0 aromatic heterocycles. The molecule has 1 saturated heterocycles. The van der Waals surface area contributed by atoms with E-state index < -0.39 is 0 Å². The van der Waals surface area contributed by atoms with Crippen molar-refractivity contribution in [2.75, 3.05) is 45.2 Å². The second kappa shape index (κ2) is 3.74. The quantitative estimate of drug-likeness (QED) is 0.701. The third-order valence-electron chi connectivity index (χ3n) is 3.17. The first-order valence-corrected chi connectivity index (χ1v) is 5.43. The fourth-order valence-corrected chi connectivity index (χ4v) is 1.93. The van der Waals surface area contributed by atoms with Gasteiger partial charge in [-0.05, 0) is 24.3 Å². The number of hydrogen-bond donors (Lipinski definition) is 1. The molecule has 3 nitrogen and oxygen atoms in total. The Bertz CT molecular complexity index is 322. The van der Waals surface area contributed by atoms with Crippen LogP contribution < -0.4 is 4.90 Å². The summed E-state index contributed by atoms with van der Waals surface area (Å²) in [5.74, 6) is 0.340. The van der Waals surface area contributed by atoms with Crippen LogP contribution in [0, 0.1) is 0 Å². The first kappa shape index (κ1) is 10.3. The molecule has 0 radical (unpaired) electrons. The molecule has 0 spiro atoms. The lowest BCUT2D eigenvalue weighted by Gasteiger charge is -2.40. The summed E-state index contributed by atoms with van der Waals surface area (Å²) in [6, 6.07) is 7.48. The van der Waals surface area contributed by atoms with E-state index in [1.165, 1.54) is 18.8 Å². The highest BCUT2D eigenvalue weighted by molar-refractivity contribution is 5.48. The topological polar surface area (TPSA) is 23.5 Å². The van der Waals surface area contributed by atoms with Crippen LogP contribution in [0.5, 0.6) is 5.75 Å². The highest BCUT2D eigenvalue weighted by Crippen LogP contribution is 2.20. The predicted molar refractivity (Wildman–Crippen MR) is 62.2 cm³/mol. The lowest BCUT2D eigenvalue weighted by atomic mass is 10.2. The molecule has 1 N–H and O–H groups in total. The van der Waals surface area contributed by atoms with Crippen molar-refractivity contribution in [3.63, 3.8) is 0 Å². The molecule has 1 aromatic carbocycles. The fraction of sp³-hybridized carbons (Fsp3) is 0.500. The molecule has 82 valence electrons. The second-order valence-electron chi connectivity index (χ2n) is 4.89. The second-order valence-corrected chi connectivity index (χ2v) is 4.89. The van der Waals surface area contributed by atoms with Gasteiger partial charge in [0.15, 0.2) is 0 Å². The SMILES string of the molecule is C[N+]1(C)CCN(c2ccc(O)cc2)CC1. The van der Waals surface area contributed by atoms with Crippen molar-refractivity contribution in [2.45, 2.75) is 0 Å². The van der Waals surface area contributed by atoms with Crippen LogP contribution in [0.4, 0.5) is 5.69 Å². The molecule has 1 aliphatic rings. The fourth-order valence-electron chi connectivity index (χ4n) is 1.93. The minimum absolute atomic E-state index is 0.340. The zero-order chi connectivity index (χ0) is 10.9. The van der Waals surface area contributed by atoms with Gasteiger partial charge in [-0.15, -0.1) is 0 Å². The van der Waals surface area contributed by atoms with Crippen molar-refractivity contribution >= 4 is 5.69 Å². The Labute approximate surface area is 91.1 Å². The number of rotatable bonds is 1. The third-order valence-corrected chi connectivity index (χ3v) is 3.17. The largest absolute Gasteiger partial charge is 0.508 e. The van der Waals surface area contributed by atoms with Crippen LogP contribution in [0.3, 0.4) is 0 Å². The number of phenolic OH excluding ortho intramolecular Hbond substituents is 1. The van der Waals surface area contributed by atoms with E-state index in [0.717, 1.165) is 17.6 Å². The van der Waals surface area contributed by atoms with E-state index in [0.29, 0.717) is 5.75 Å². The Morgan fingerprint density at radius 3 is 2.13 bits per heavy atom. The molecule has 15 heavy (non-hydrogen) atoms. The molecule has 1 heterocycles. The summed E-state index contributed by atoms with van der Waals surface area (Å²) >= 11 is 0. The molecule has 1 aliphatic heterocycles. The van der Waals surface area contributed by atoms with Gasteiger partial charge in [0.05, 0.1) is 40.3 Å². The van der Waals surface area contributed by atoms with Gasteiger partial charge in [0.25, 0.3) is 0 Å². The minimum Gasteiger partial charge on any atom is -0.508 e. The maximum atomic E-state index is 9.22. The number of piperazine rings is 1. The molecule has 0 amide bonds. The summed E-state index contributed by atoms with van der Waals surface area (Å²) in [4.78, 5) is 2.38. The molecule has 0 saturated carbocycles. The van der Waals surface area contributed by atoms with E-state index in [1.54, 1.807) is 12.1 Å². The maximum Gasteiger partial charge on any atom is 0.115 e. The van der Waals surface area contributed by atoms with Crippen LogP contribution in [0.2, 0.25) is 0 Å². The normalized spacial score (nSPS) is 20.3. The van der Waals surface area contributed by atoms with Gasteiger partial charge in [-0.3, -0.25) is 0 Å². The highest BCUT2D eigenvalue weighted by Gasteiger charge is 2.24. The van der Waals surface area contributed by atoms with Crippen molar-refractivity contribution in [1.29, 1.82) is 0 Å². The Balaban J connectivity index is 2.04. The first-order chi connectivity index (χ1) is 7.07. The van der Waals surface area contributed by atoms with Crippen molar-refractivity contribution < 1.29 is 9.59 Å². The van der Waals surface area contributed by atoms with Gasteiger partial charge in [0.1, 0.15) is 5.75 Å². The Morgan fingerprint density at radius 1 is 1.07 bits per heavy atom. The average molecular weight is 207 g/mol. The predicted octanol–water partition coefficient (Wildman–Crippen LogP) is 1.29. The molecule has 1 fully saturated rings. The molecule has 2 rings (SSSR count). The Morgan fingerprint density at radius 2 is 1.60 bits per heavy atom. The Kier molecular flexibility index (Phi) is 2.57. The highest BCUT2D eigenvalue weighted by atomic mass is 16.3. The summed E-state index contributed by atoms with van der Waals surface area (Å²) in [5.41, 5.74) is 1.22. The zero-order valence-electron chi connectivity index (χ0n) is 9.48. The molecule has 0 atom stereocenters. The Hall–Kier alpha value is -1.22. The molecular formula is C12H19N2O+. The number of benzene rings is 1. The number of quaternary nitrogens is 1. The maximum absolute atomic E-state index is 9.22. The van der Waals surface area contributed by atoms with Crippen LogP contribution in [-0.4, -0.2) is 49.9 Å². The van der Waals surface area contributed by atoms with Gasteiger partial charge in [0.2, 0.25) is 0 Å². The van der Waals surface area contributed by atoms with Crippen molar-refractivity contribution in [3.05, 3.63) is 24.3 Å². The van der Waals surface area contributed by atoms with Crippen molar-refractivity contribution in [3.8, 4) is 5.75 Å². The summed E-state index contributed by atoms with van der Waals surface area (Å²) in [5, 5.41) is 9.22. The number of anilines is 1. The van der Waals surface area contributed by atoms with E-state index in [9.17, 15) is 5.11 Å². The molecular weight excluding hydrogens is 188 g/mol. The molecule has 0 bridgehead atoms. The number of nitrogens with zero attached hydrogens (tertiary/aromatic N) is 2. The number of phenols is 1. The monoisotopic (exact) mass is 207 g/mol. The van der Waals surface area contributed by atoms with E-state index >= 15 is 0 Å². The molecule has 3 heteroatoms. The van der Waals surface area contributed by atoms with Gasteiger partial charge < -0.3 is 14.5 Å². The van der Waals surface area contributed by atoms with E-state index in [2.05, 4.69) is 19.0 Å². The number of aromatic hydroxyl groups is 1. The zero-order valence-corrected chi connectivity index (χ0v) is 9.48. The molecule has 1 aromatic rings.